The normalized spacial score (nSPS) is 15.8. The van der Waals surface area contributed by atoms with Crippen LogP contribution in [0.15, 0.2) is 54.7 Å². The molecule has 0 aliphatic carbocycles. The van der Waals surface area contributed by atoms with Crippen LogP contribution in [0.1, 0.15) is 30.5 Å². The van der Waals surface area contributed by atoms with Gasteiger partial charge in [-0.3, -0.25) is 9.59 Å². The minimum Gasteiger partial charge on any atom is -0.325 e. The lowest BCUT2D eigenvalue weighted by atomic mass is 9.93. The summed E-state index contributed by atoms with van der Waals surface area (Å²) in [4.78, 5) is 26.1. The highest BCUT2D eigenvalue weighted by atomic mass is 127. The lowest BCUT2D eigenvalue weighted by Gasteiger charge is -2.32. The quantitative estimate of drug-likeness (QED) is 0.740. The number of hydrogen-bond donors (Lipinski definition) is 1. The molecular weight excluding hydrogens is 415 g/mol. The van der Waals surface area contributed by atoms with Crippen molar-refractivity contribution in [2.24, 2.45) is 0 Å². The Kier molecular flexibility index (Phi) is 4.99. The van der Waals surface area contributed by atoms with E-state index in [9.17, 15) is 9.59 Å². The third kappa shape index (κ3) is 3.51. The van der Waals surface area contributed by atoms with Crippen molar-refractivity contribution in [2.75, 3.05) is 5.32 Å². The number of nitrogens with one attached hydrogen (secondary N) is 1. The maximum absolute atomic E-state index is 12.5. The van der Waals surface area contributed by atoms with Gasteiger partial charge in [-0.15, -0.1) is 0 Å². The summed E-state index contributed by atoms with van der Waals surface area (Å²) in [5.41, 5.74) is 2.83. The van der Waals surface area contributed by atoms with Crippen molar-refractivity contribution in [2.45, 2.75) is 19.4 Å². The van der Waals surface area contributed by atoms with E-state index in [1.54, 1.807) is 11.1 Å². The molecule has 0 saturated carbocycles. The second-order valence-electron chi connectivity index (χ2n) is 5.62. The molecule has 122 valence electrons. The molecule has 1 atom stereocenters. The van der Waals surface area contributed by atoms with Crippen LogP contribution < -0.4 is 5.32 Å². The Labute approximate surface area is 154 Å². The van der Waals surface area contributed by atoms with Gasteiger partial charge in [-0.05, 0) is 51.9 Å². The van der Waals surface area contributed by atoms with Crippen molar-refractivity contribution in [1.29, 1.82) is 0 Å². The third-order valence-corrected chi connectivity index (χ3v) is 4.94. The number of carbonyl (C=O) groups excluding carboxylic acids is 2. The van der Waals surface area contributed by atoms with E-state index in [-0.39, 0.29) is 24.3 Å². The van der Waals surface area contributed by atoms with Crippen molar-refractivity contribution in [3.8, 4) is 0 Å². The molecule has 0 bridgehead atoms. The lowest BCUT2D eigenvalue weighted by Crippen LogP contribution is -2.33. The highest BCUT2D eigenvalue weighted by molar-refractivity contribution is 14.1. The Morgan fingerprint density at radius 2 is 1.83 bits per heavy atom. The van der Waals surface area contributed by atoms with Crippen LogP contribution in [0.25, 0.3) is 6.08 Å². The maximum atomic E-state index is 12.5. The van der Waals surface area contributed by atoms with Crippen LogP contribution in [0.2, 0.25) is 0 Å². The lowest BCUT2D eigenvalue weighted by molar-refractivity contribution is -0.129. The Balaban J connectivity index is 1.83. The van der Waals surface area contributed by atoms with Gasteiger partial charge in [-0.1, -0.05) is 36.4 Å². The summed E-state index contributed by atoms with van der Waals surface area (Å²) in [6.45, 7) is 1.52. The zero-order valence-corrected chi connectivity index (χ0v) is 15.4. The molecule has 2 aromatic carbocycles. The number of benzene rings is 2. The molecular formula is C19H17IN2O2. The van der Waals surface area contributed by atoms with E-state index in [1.165, 1.54) is 6.92 Å². The fourth-order valence-electron chi connectivity index (χ4n) is 2.85. The van der Waals surface area contributed by atoms with Gasteiger partial charge >= 0.3 is 0 Å². The summed E-state index contributed by atoms with van der Waals surface area (Å²) in [7, 11) is 0. The Morgan fingerprint density at radius 1 is 1.12 bits per heavy atom. The number of carbonyl (C=O) groups is 2. The smallest absolute Gasteiger partial charge is 0.226 e. The van der Waals surface area contributed by atoms with Crippen LogP contribution in [-0.2, 0) is 9.59 Å². The highest BCUT2D eigenvalue weighted by Crippen LogP contribution is 2.33. The van der Waals surface area contributed by atoms with Gasteiger partial charge in [0.05, 0.1) is 18.2 Å². The van der Waals surface area contributed by atoms with Crippen LogP contribution in [-0.4, -0.2) is 16.7 Å². The molecule has 5 heteroatoms. The number of halogens is 1. The summed E-state index contributed by atoms with van der Waals surface area (Å²) >= 11 is 2.19. The molecule has 1 N–H and O–H groups in total. The first-order chi connectivity index (χ1) is 11.6. The van der Waals surface area contributed by atoms with Gasteiger partial charge < -0.3 is 10.2 Å². The van der Waals surface area contributed by atoms with E-state index in [4.69, 9.17) is 0 Å². The van der Waals surface area contributed by atoms with Gasteiger partial charge in [0.2, 0.25) is 11.8 Å². The predicted molar refractivity (Wildman–Crippen MR) is 103 cm³/mol. The molecule has 24 heavy (non-hydrogen) atoms. The fourth-order valence-corrected chi connectivity index (χ4v) is 3.37. The topological polar surface area (TPSA) is 49.4 Å². The van der Waals surface area contributed by atoms with Crippen molar-refractivity contribution < 1.29 is 9.59 Å². The molecule has 1 aliphatic rings. The largest absolute Gasteiger partial charge is 0.325 e. The molecule has 0 aromatic heterocycles. The first-order valence-electron chi connectivity index (χ1n) is 7.66. The number of anilines is 1. The van der Waals surface area contributed by atoms with Crippen LogP contribution in [0.3, 0.4) is 0 Å². The molecule has 1 heterocycles. The van der Waals surface area contributed by atoms with Gasteiger partial charge in [0.15, 0.2) is 0 Å². The molecule has 0 saturated heterocycles. The van der Waals surface area contributed by atoms with Crippen molar-refractivity contribution in [3.05, 3.63) is 69.4 Å². The highest BCUT2D eigenvalue weighted by Gasteiger charge is 2.28. The van der Waals surface area contributed by atoms with E-state index >= 15 is 0 Å². The van der Waals surface area contributed by atoms with E-state index in [1.807, 2.05) is 54.6 Å². The Morgan fingerprint density at radius 3 is 2.58 bits per heavy atom. The molecule has 2 aromatic rings. The first kappa shape index (κ1) is 16.7. The Hall–Kier alpha value is -2.15. The second-order valence-corrected chi connectivity index (χ2v) is 6.78. The third-order valence-electron chi connectivity index (χ3n) is 4.00. The van der Waals surface area contributed by atoms with Crippen LogP contribution in [0, 0.1) is 3.57 Å². The van der Waals surface area contributed by atoms with Gasteiger partial charge in [-0.2, -0.15) is 0 Å². The van der Waals surface area contributed by atoms with Crippen LogP contribution in [0.5, 0.6) is 0 Å². The molecule has 3 rings (SSSR count). The number of rotatable bonds is 3. The summed E-state index contributed by atoms with van der Waals surface area (Å²) < 4.78 is 0.982. The van der Waals surface area contributed by atoms with Crippen molar-refractivity contribution in [1.82, 2.24) is 4.90 Å². The minimum atomic E-state index is -0.287. The minimum absolute atomic E-state index is 0.0761. The van der Waals surface area contributed by atoms with Crippen LogP contribution in [0.4, 0.5) is 5.69 Å². The number of hydrogen-bond acceptors (Lipinski definition) is 2. The van der Waals surface area contributed by atoms with E-state index in [2.05, 4.69) is 27.9 Å². The summed E-state index contributed by atoms with van der Waals surface area (Å²) in [6, 6.07) is 15.2. The number of amides is 2. The standard InChI is InChI=1S/C19H17IN2O2/c1-13(23)22-11-10-14-6-2-3-7-15(14)18(22)12-19(24)21-17-9-5-4-8-16(17)20/h2-11,18H,12H2,1H3,(H,21,24)/t18-/m1/s1. The average molecular weight is 432 g/mol. The van der Waals surface area contributed by atoms with Gasteiger partial charge in [-0.25, -0.2) is 0 Å². The van der Waals surface area contributed by atoms with Crippen LogP contribution >= 0.6 is 22.6 Å². The van der Waals surface area contributed by atoms with E-state index in [0.29, 0.717) is 0 Å². The molecule has 1 aliphatic heterocycles. The summed E-state index contributed by atoms with van der Waals surface area (Å²) in [5.74, 6) is -0.187. The fraction of sp³-hybridized carbons (Fsp3) is 0.158. The SMILES string of the molecule is CC(=O)N1C=Cc2ccccc2[C@H]1CC(=O)Nc1ccccc1I. The number of nitrogens with zero attached hydrogens (tertiary/aromatic N) is 1. The van der Waals surface area contributed by atoms with Gasteiger partial charge in [0.25, 0.3) is 0 Å². The Bertz CT molecular complexity index is 817. The number of para-hydroxylation sites is 1. The molecule has 0 spiro atoms. The van der Waals surface area contributed by atoms with Crippen molar-refractivity contribution in [3.63, 3.8) is 0 Å². The van der Waals surface area contributed by atoms with Gasteiger partial charge in [0, 0.05) is 16.7 Å². The summed E-state index contributed by atoms with van der Waals surface area (Å²) in [5, 5.41) is 2.94. The number of fused-ring (bicyclic) bond motifs is 1. The molecule has 4 nitrogen and oxygen atoms in total. The van der Waals surface area contributed by atoms with E-state index in [0.717, 1.165) is 20.4 Å². The second kappa shape index (κ2) is 7.17. The first-order valence-corrected chi connectivity index (χ1v) is 8.74. The predicted octanol–water partition coefficient (Wildman–Crippen LogP) is 4.19. The molecule has 0 radical (unpaired) electrons. The molecule has 0 fully saturated rings. The molecule has 0 unspecified atom stereocenters. The molecule has 2 amide bonds. The summed E-state index contributed by atoms with van der Waals surface area (Å²) in [6.07, 6.45) is 3.88. The van der Waals surface area contributed by atoms with Gasteiger partial charge in [0.1, 0.15) is 0 Å². The zero-order chi connectivity index (χ0) is 17.1. The maximum Gasteiger partial charge on any atom is 0.226 e. The van der Waals surface area contributed by atoms with E-state index < -0.39 is 0 Å². The average Bonchev–Trinajstić information content (AvgIpc) is 2.57. The monoisotopic (exact) mass is 432 g/mol. The zero-order valence-electron chi connectivity index (χ0n) is 13.2. The van der Waals surface area contributed by atoms with Crippen molar-refractivity contribution >= 4 is 46.2 Å².